The third kappa shape index (κ3) is 24.4. The molecule has 0 atom stereocenters. The van der Waals surface area contributed by atoms with Crippen molar-refractivity contribution in [3.63, 3.8) is 0 Å². The fourth-order valence-electron chi connectivity index (χ4n) is 1.57. The number of aliphatic hydroxyl groups is 6. The molecule has 0 aliphatic carbocycles. The van der Waals surface area contributed by atoms with Crippen molar-refractivity contribution in [3.05, 3.63) is 35.4 Å². The molecule has 0 unspecified atom stereocenters. The Hall–Kier alpha value is -2.08. The van der Waals surface area contributed by atoms with E-state index >= 15 is 0 Å². The molecule has 0 radical (unpaired) electrons. The highest BCUT2D eigenvalue weighted by Crippen LogP contribution is 2.10. The number of rotatable bonds is 11. The van der Waals surface area contributed by atoms with Crippen LogP contribution in [-0.2, 0) is 4.74 Å². The summed E-state index contributed by atoms with van der Waals surface area (Å²) in [5.74, 6) is -1.60. The summed E-state index contributed by atoms with van der Waals surface area (Å²) in [6.45, 7) is 4.58. The predicted molar refractivity (Wildman–Crippen MR) is 124 cm³/mol. The fourth-order valence-corrected chi connectivity index (χ4v) is 1.57. The number of aromatic carboxylic acids is 1. The van der Waals surface area contributed by atoms with Gasteiger partial charge in [0.15, 0.2) is 0 Å². The first kappa shape index (κ1) is 35.5. The van der Waals surface area contributed by atoms with Crippen molar-refractivity contribution in [2.45, 2.75) is 46.0 Å². The van der Waals surface area contributed by atoms with Gasteiger partial charge in [0, 0.05) is 31.8 Å². The molecular formula is C23H42O10. The Bertz CT molecular complexity index is 576. The van der Waals surface area contributed by atoms with E-state index in [-0.39, 0.29) is 56.2 Å². The van der Waals surface area contributed by atoms with Crippen molar-refractivity contribution >= 4 is 11.9 Å². The highest BCUT2D eigenvalue weighted by molar-refractivity contribution is 5.94. The van der Waals surface area contributed by atoms with E-state index in [1.165, 1.54) is 31.4 Å². The first-order valence-corrected chi connectivity index (χ1v) is 10.7. The maximum Gasteiger partial charge on any atom is 0.337 e. The number of carbonyl (C=O) groups excluding carboxylic acids is 1. The summed E-state index contributed by atoms with van der Waals surface area (Å²) in [6, 6.07) is 5.68. The molecule has 0 bridgehead atoms. The van der Waals surface area contributed by atoms with Crippen LogP contribution in [0.25, 0.3) is 0 Å². The minimum Gasteiger partial charge on any atom is -0.478 e. The number of carboxylic acids is 1. The molecule has 1 aromatic carbocycles. The maximum absolute atomic E-state index is 11.0. The molecule has 0 aliphatic rings. The minimum absolute atomic E-state index is 0.0451. The Morgan fingerprint density at radius 2 is 1.15 bits per heavy atom. The third-order valence-corrected chi connectivity index (χ3v) is 3.77. The van der Waals surface area contributed by atoms with Gasteiger partial charge in [0.1, 0.15) is 0 Å². The average molecular weight is 479 g/mol. The second-order valence-corrected chi connectivity index (χ2v) is 7.52. The van der Waals surface area contributed by atoms with Gasteiger partial charge in [0.05, 0.1) is 31.5 Å². The highest BCUT2D eigenvalue weighted by atomic mass is 16.5. The Balaban J connectivity index is -0.000000389. The van der Waals surface area contributed by atoms with Crippen LogP contribution in [0.5, 0.6) is 0 Å². The summed E-state index contributed by atoms with van der Waals surface area (Å²) in [7, 11) is 1.25. The third-order valence-electron chi connectivity index (χ3n) is 3.77. The van der Waals surface area contributed by atoms with Crippen LogP contribution in [0, 0.1) is 5.41 Å². The molecular weight excluding hydrogens is 436 g/mol. The van der Waals surface area contributed by atoms with E-state index in [4.69, 9.17) is 35.7 Å². The zero-order valence-electron chi connectivity index (χ0n) is 19.9. The predicted octanol–water partition coefficient (Wildman–Crippen LogP) is 1.06. The van der Waals surface area contributed by atoms with E-state index in [0.717, 1.165) is 32.1 Å². The number of unbranched alkanes of at least 4 members (excludes halogenated alkanes) is 3. The van der Waals surface area contributed by atoms with Crippen molar-refractivity contribution in [1.29, 1.82) is 0 Å². The summed E-state index contributed by atoms with van der Waals surface area (Å²) in [5.41, 5.74) is 0.00491. The van der Waals surface area contributed by atoms with Crippen molar-refractivity contribution in [3.8, 4) is 0 Å². The minimum atomic E-state index is -1.06. The highest BCUT2D eigenvalue weighted by Gasteiger charge is 2.13. The molecule has 194 valence electrons. The Kier molecular flexibility index (Phi) is 26.4. The molecule has 0 amide bonds. The first-order chi connectivity index (χ1) is 15.6. The summed E-state index contributed by atoms with van der Waals surface area (Å²) < 4.78 is 4.44. The van der Waals surface area contributed by atoms with Crippen LogP contribution in [0.1, 0.15) is 66.7 Å². The van der Waals surface area contributed by atoms with E-state index < -0.39 is 11.9 Å². The number of esters is 1. The van der Waals surface area contributed by atoms with Crippen LogP contribution in [0.15, 0.2) is 24.3 Å². The van der Waals surface area contributed by atoms with E-state index in [1.54, 1.807) is 13.8 Å². The van der Waals surface area contributed by atoms with Crippen molar-refractivity contribution in [1.82, 2.24) is 0 Å². The summed E-state index contributed by atoms with van der Waals surface area (Å²) in [4.78, 5) is 21.5. The number of ether oxygens (including phenoxy) is 1. The topological polar surface area (TPSA) is 185 Å². The van der Waals surface area contributed by atoms with Crippen LogP contribution < -0.4 is 0 Å². The Morgan fingerprint density at radius 1 is 0.758 bits per heavy atom. The summed E-state index contributed by atoms with van der Waals surface area (Å²) >= 11 is 0. The number of hydrogen-bond acceptors (Lipinski definition) is 9. The molecule has 0 spiro atoms. The monoisotopic (exact) mass is 478 g/mol. The fraction of sp³-hybridized carbons (Fsp3) is 0.652. The zero-order chi connectivity index (χ0) is 26.1. The average Bonchev–Trinajstić information content (AvgIpc) is 2.83. The second kappa shape index (κ2) is 24.6. The van der Waals surface area contributed by atoms with Crippen LogP contribution >= 0.6 is 0 Å². The zero-order valence-corrected chi connectivity index (χ0v) is 19.9. The van der Waals surface area contributed by atoms with Gasteiger partial charge in [-0.2, -0.15) is 0 Å². The van der Waals surface area contributed by atoms with Crippen molar-refractivity contribution < 1.29 is 50.1 Å². The lowest BCUT2D eigenvalue weighted by molar-refractivity contribution is 0.0600. The van der Waals surface area contributed by atoms with Gasteiger partial charge in [0.2, 0.25) is 0 Å². The second-order valence-electron chi connectivity index (χ2n) is 7.52. The summed E-state index contributed by atoms with van der Waals surface area (Å²) in [6.07, 6.45) is 4.02. The molecule has 0 saturated heterocycles. The number of benzene rings is 1. The van der Waals surface area contributed by atoms with Gasteiger partial charge in [-0.25, -0.2) is 9.59 Å². The molecule has 0 saturated carbocycles. The molecule has 0 fully saturated rings. The van der Waals surface area contributed by atoms with Crippen LogP contribution in [0.3, 0.4) is 0 Å². The molecule has 0 heterocycles. The molecule has 1 aromatic rings. The molecule has 0 aromatic heterocycles. The van der Waals surface area contributed by atoms with Crippen LogP contribution in [0.2, 0.25) is 0 Å². The van der Waals surface area contributed by atoms with Gasteiger partial charge in [-0.15, -0.1) is 0 Å². The van der Waals surface area contributed by atoms with E-state index in [0.29, 0.717) is 0 Å². The SMILES string of the molecule is CC(C)(CO)CO.COC(=O)c1cccc(C(=O)O)c1.OCCCCCO.OCCCCO. The lowest BCUT2D eigenvalue weighted by Crippen LogP contribution is -2.20. The number of carboxylic acid groups (broad SMARTS) is 1. The number of methoxy groups -OCH3 is 1. The van der Waals surface area contributed by atoms with Gasteiger partial charge < -0.3 is 40.5 Å². The van der Waals surface area contributed by atoms with Crippen LogP contribution in [0.4, 0.5) is 0 Å². The first-order valence-electron chi connectivity index (χ1n) is 10.7. The molecule has 33 heavy (non-hydrogen) atoms. The largest absolute Gasteiger partial charge is 0.478 e. The number of hydrogen-bond donors (Lipinski definition) is 7. The van der Waals surface area contributed by atoms with Gasteiger partial charge in [-0.3, -0.25) is 0 Å². The van der Waals surface area contributed by atoms with Crippen molar-refractivity contribution in [2.75, 3.05) is 46.8 Å². The van der Waals surface area contributed by atoms with E-state index in [2.05, 4.69) is 4.74 Å². The molecule has 10 nitrogen and oxygen atoms in total. The van der Waals surface area contributed by atoms with Gasteiger partial charge >= 0.3 is 11.9 Å². The van der Waals surface area contributed by atoms with Gasteiger partial charge in [-0.05, 0) is 50.3 Å². The van der Waals surface area contributed by atoms with E-state index in [9.17, 15) is 9.59 Å². The summed E-state index contributed by atoms with van der Waals surface area (Å²) in [5, 5.41) is 58.1. The molecule has 7 N–H and O–H groups in total. The standard InChI is InChI=1S/C9H8O4.2C5H12O2.C4H10O2/c1-13-9(12)7-4-2-3-6(5-7)8(10)11;1-5(2,3-6)4-7;6-4-2-1-3-5-7;5-3-1-2-4-6/h2-5H,1H3,(H,10,11);6-7H,3-4H2,1-2H3;6-7H,1-5H2;5-6H,1-4H2. The quantitative estimate of drug-likeness (QED) is 0.179. The normalized spacial score (nSPS) is 9.85. The maximum atomic E-state index is 11.0. The Morgan fingerprint density at radius 3 is 1.45 bits per heavy atom. The van der Waals surface area contributed by atoms with E-state index in [1.807, 2.05) is 0 Å². The number of carbonyl (C=O) groups is 2. The molecule has 1 rings (SSSR count). The molecule has 10 heteroatoms. The van der Waals surface area contributed by atoms with Crippen LogP contribution in [-0.4, -0.2) is 94.4 Å². The molecule has 0 aliphatic heterocycles. The lowest BCUT2D eigenvalue weighted by Gasteiger charge is -2.16. The lowest BCUT2D eigenvalue weighted by atomic mass is 9.97. The van der Waals surface area contributed by atoms with Gasteiger partial charge in [-0.1, -0.05) is 19.9 Å². The number of aliphatic hydroxyl groups excluding tert-OH is 6. The van der Waals surface area contributed by atoms with Crippen molar-refractivity contribution in [2.24, 2.45) is 5.41 Å². The van der Waals surface area contributed by atoms with Gasteiger partial charge in [0.25, 0.3) is 0 Å². The smallest absolute Gasteiger partial charge is 0.337 e. The Labute approximate surface area is 196 Å².